The maximum atomic E-state index is 9.83. The summed E-state index contributed by atoms with van der Waals surface area (Å²) in [4.78, 5) is 0. The Hall–Kier alpha value is 0.610. The summed E-state index contributed by atoms with van der Waals surface area (Å²) in [6.07, 6.45) is 0. The van der Waals surface area contributed by atoms with Gasteiger partial charge in [-0.2, -0.15) is 0 Å². The molecule has 0 aromatic heterocycles. The van der Waals surface area contributed by atoms with Gasteiger partial charge in [0.1, 0.15) is 0 Å². The van der Waals surface area contributed by atoms with Crippen LogP contribution in [-0.2, 0) is 0 Å². The molecular formula is C2H6INO2. The van der Waals surface area contributed by atoms with E-state index in [2.05, 4.69) is 0 Å². The normalized spacial score (nSPS) is 30.0. The molecule has 1 heterocycles. The Morgan fingerprint density at radius 2 is 2.17 bits per heavy atom. The average Bonchev–Trinajstić information content (AvgIpc) is 2.06. The van der Waals surface area contributed by atoms with Crippen LogP contribution in [0.25, 0.3) is 0 Å². The molecule has 0 spiro atoms. The van der Waals surface area contributed by atoms with Gasteiger partial charge in [0.05, 0.1) is 0 Å². The maximum absolute atomic E-state index is 9.83. The van der Waals surface area contributed by atoms with Crippen LogP contribution in [0.2, 0.25) is 0 Å². The molecule has 6 heavy (non-hydrogen) atoms. The Bertz CT molecular complexity index is 53.5. The van der Waals surface area contributed by atoms with Crippen molar-refractivity contribution in [2.45, 2.75) is 0 Å². The summed E-state index contributed by atoms with van der Waals surface area (Å²) in [6, 6.07) is 0. The second-order valence-corrected chi connectivity index (χ2v) is 6.77. The van der Waals surface area contributed by atoms with Gasteiger partial charge < -0.3 is 0 Å². The average molecular weight is 203 g/mol. The van der Waals surface area contributed by atoms with Crippen molar-refractivity contribution in [1.82, 2.24) is 0 Å². The summed E-state index contributed by atoms with van der Waals surface area (Å²) in [6.45, 7) is 0. The standard InChI is InChI=1S/C2H6INO2/c5-4(6)3-1-2-3/h4-5H,1-2H2. The van der Waals surface area contributed by atoms with Crippen LogP contribution < -0.4 is 3.44 Å². The first-order chi connectivity index (χ1) is 2.80. The van der Waals surface area contributed by atoms with Crippen molar-refractivity contribution in [2.75, 3.05) is 8.86 Å². The number of hydrogen-bond acceptors (Lipinski definition) is 2. The summed E-state index contributed by atoms with van der Waals surface area (Å²) < 4.78 is 1.64. The zero-order valence-corrected chi connectivity index (χ0v) is 5.31. The zero-order valence-electron chi connectivity index (χ0n) is 3.15. The minimum atomic E-state index is -1.22. The van der Waals surface area contributed by atoms with Gasteiger partial charge in [-0.15, -0.1) is 0 Å². The molecule has 1 rings (SSSR count). The quantitative estimate of drug-likeness (QED) is 0.253. The zero-order chi connectivity index (χ0) is 4.57. The third kappa shape index (κ3) is 1.04. The first-order valence-corrected chi connectivity index (χ1v) is 5.78. The second-order valence-electron chi connectivity index (χ2n) is 1.09. The molecule has 0 amide bonds. The number of rotatable bonds is 1. The molecule has 0 aromatic carbocycles. The van der Waals surface area contributed by atoms with Crippen LogP contribution >= 0.6 is 20.1 Å². The first-order valence-electron chi connectivity index (χ1n) is 1.65. The third-order valence-electron chi connectivity index (χ3n) is 0.607. The van der Waals surface area contributed by atoms with Crippen molar-refractivity contribution < 1.29 is 8.65 Å². The van der Waals surface area contributed by atoms with Crippen LogP contribution in [0.3, 0.4) is 0 Å². The van der Waals surface area contributed by atoms with E-state index in [-0.39, 0.29) is 0 Å². The fraction of sp³-hybridized carbons (Fsp3) is 1.00. The van der Waals surface area contributed by atoms with Gasteiger partial charge in [0.25, 0.3) is 0 Å². The van der Waals surface area contributed by atoms with E-state index in [0.717, 1.165) is 8.86 Å². The van der Waals surface area contributed by atoms with Crippen molar-refractivity contribution in [3.63, 3.8) is 0 Å². The molecule has 0 bridgehead atoms. The van der Waals surface area contributed by atoms with Crippen molar-refractivity contribution in [3.05, 3.63) is 5.21 Å². The number of hydrogen-bond donors (Lipinski definition) is 2. The fourth-order valence-corrected chi connectivity index (χ4v) is 2.69. The monoisotopic (exact) mass is 203 g/mol. The summed E-state index contributed by atoms with van der Waals surface area (Å²) in [5.74, 6) is 0. The number of nitrogens with one attached hydrogen (secondary N) is 1. The molecule has 38 valence electrons. The topological polar surface area (TPSA) is 47.7 Å². The van der Waals surface area contributed by atoms with Crippen molar-refractivity contribution in [1.29, 1.82) is 0 Å². The van der Waals surface area contributed by atoms with Crippen molar-refractivity contribution in [3.8, 4) is 0 Å². The van der Waals surface area contributed by atoms with E-state index in [9.17, 15) is 5.21 Å². The molecule has 1 fully saturated rings. The van der Waals surface area contributed by atoms with Crippen molar-refractivity contribution in [2.24, 2.45) is 0 Å². The summed E-state index contributed by atoms with van der Waals surface area (Å²) >= 11 is -1.22. The molecule has 0 saturated carbocycles. The van der Waals surface area contributed by atoms with Crippen LogP contribution in [0.4, 0.5) is 0 Å². The van der Waals surface area contributed by atoms with E-state index < -0.39 is 23.5 Å². The van der Waals surface area contributed by atoms with E-state index in [0.29, 0.717) is 0 Å². The van der Waals surface area contributed by atoms with E-state index in [4.69, 9.17) is 5.21 Å². The van der Waals surface area contributed by atoms with E-state index in [1.165, 1.54) is 0 Å². The molecule has 0 radical (unpaired) electrons. The molecule has 1 unspecified atom stereocenters. The fourth-order valence-electron chi connectivity index (χ4n) is 0.197. The predicted molar refractivity (Wildman–Crippen MR) is 29.9 cm³/mol. The van der Waals surface area contributed by atoms with Crippen LogP contribution in [0.15, 0.2) is 0 Å². The van der Waals surface area contributed by atoms with Gasteiger partial charge in [0, 0.05) is 0 Å². The predicted octanol–water partition coefficient (Wildman–Crippen LogP) is -0.807. The van der Waals surface area contributed by atoms with E-state index in [1.807, 2.05) is 0 Å². The van der Waals surface area contributed by atoms with Gasteiger partial charge in [-0.1, -0.05) is 0 Å². The Morgan fingerprint density at radius 1 is 1.67 bits per heavy atom. The molecule has 3 nitrogen and oxygen atoms in total. The van der Waals surface area contributed by atoms with Gasteiger partial charge in [-0.3, -0.25) is 0 Å². The first kappa shape index (κ1) is 4.76. The number of alkyl halides is 2. The molecule has 0 aliphatic carbocycles. The molecular weight excluding hydrogens is 197 g/mol. The molecule has 2 N–H and O–H groups in total. The Labute approximate surface area is 43.2 Å². The number of quaternary nitrogens is 1. The van der Waals surface area contributed by atoms with Crippen molar-refractivity contribution >= 4 is 20.1 Å². The van der Waals surface area contributed by atoms with E-state index >= 15 is 0 Å². The van der Waals surface area contributed by atoms with Crippen LogP contribution in [0, 0.1) is 5.21 Å². The second kappa shape index (κ2) is 1.61. The van der Waals surface area contributed by atoms with Crippen LogP contribution in [0.1, 0.15) is 0 Å². The molecule has 1 aliphatic heterocycles. The molecule has 4 heteroatoms. The summed E-state index contributed by atoms with van der Waals surface area (Å²) in [5.41, 5.74) is 0. The van der Waals surface area contributed by atoms with Gasteiger partial charge in [-0.25, -0.2) is 0 Å². The SMILES string of the molecule is [O-][NH+](O)I1CC1. The van der Waals surface area contributed by atoms with Gasteiger partial charge in [-0.05, 0) is 0 Å². The Morgan fingerprint density at radius 3 is 2.17 bits per heavy atom. The van der Waals surface area contributed by atoms with Gasteiger partial charge in [0.2, 0.25) is 0 Å². The minimum absolute atomic E-state index is 0.473. The molecule has 1 saturated heterocycles. The van der Waals surface area contributed by atoms with Gasteiger partial charge in [0.15, 0.2) is 0 Å². The van der Waals surface area contributed by atoms with Gasteiger partial charge >= 0.3 is 42.8 Å². The summed E-state index contributed by atoms with van der Waals surface area (Å²) in [5, 5.41) is 18.0. The summed E-state index contributed by atoms with van der Waals surface area (Å²) in [7, 11) is 0. The molecule has 1 atom stereocenters. The van der Waals surface area contributed by atoms with Crippen LogP contribution in [-0.4, -0.2) is 14.1 Å². The number of halogens is 1. The molecule has 1 aliphatic rings. The third-order valence-corrected chi connectivity index (χ3v) is 4.07. The Kier molecular flexibility index (Phi) is 1.28. The van der Waals surface area contributed by atoms with Crippen LogP contribution in [0.5, 0.6) is 0 Å². The molecule has 0 aromatic rings. The van der Waals surface area contributed by atoms with E-state index in [1.54, 1.807) is 0 Å². The Balaban J connectivity index is 2.13.